The molecule has 0 aliphatic rings. The summed E-state index contributed by atoms with van der Waals surface area (Å²) >= 11 is 0. The molecule has 0 aliphatic heterocycles. The van der Waals surface area contributed by atoms with Crippen molar-refractivity contribution < 1.29 is 4.79 Å². The van der Waals surface area contributed by atoms with E-state index in [-0.39, 0.29) is 5.91 Å². The molecule has 0 heterocycles. The Balaban J connectivity index is 2.28. The van der Waals surface area contributed by atoms with E-state index in [4.69, 9.17) is 5.73 Å². The molecule has 1 amide bonds. The highest BCUT2D eigenvalue weighted by atomic mass is 16.1. The fourth-order valence-corrected chi connectivity index (χ4v) is 2.10. The van der Waals surface area contributed by atoms with Crippen LogP contribution in [-0.2, 0) is 0 Å². The maximum Gasteiger partial charge on any atom is 0.255 e. The lowest BCUT2D eigenvalue weighted by Crippen LogP contribution is -2.17. The monoisotopic (exact) mass is 269 g/mol. The fraction of sp³-hybridized carbons (Fsp3) is 0.188. The standard InChI is InChI=1S/C16H19N3O/c1-11-10-12(17)8-9-13(11)16(20)18-14-6-4-5-7-15(14)19(2)3/h4-10H,17H2,1-3H3,(H,18,20). The van der Waals surface area contributed by atoms with Gasteiger partial charge in [-0.1, -0.05) is 12.1 Å². The lowest BCUT2D eigenvalue weighted by Gasteiger charge is -2.18. The van der Waals surface area contributed by atoms with Gasteiger partial charge in [-0.05, 0) is 42.8 Å². The lowest BCUT2D eigenvalue weighted by atomic mass is 10.1. The first-order chi connectivity index (χ1) is 9.49. The minimum absolute atomic E-state index is 0.128. The summed E-state index contributed by atoms with van der Waals surface area (Å²) in [6, 6.07) is 13.0. The zero-order valence-corrected chi connectivity index (χ0v) is 12.0. The van der Waals surface area contributed by atoms with Crippen LogP contribution >= 0.6 is 0 Å². The number of benzene rings is 2. The van der Waals surface area contributed by atoms with E-state index in [1.165, 1.54) is 0 Å². The minimum Gasteiger partial charge on any atom is -0.399 e. The topological polar surface area (TPSA) is 58.4 Å². The number of nitrogens with zero attached hydrogens (tertiary/aromatic N) is 1. The van der Waals surface area contributed by atoms with E-state index in [0.29, 0.717) is 11.3 Å². The number of carbonyl (C=O) groups is 1. The highest BCUT2D eigenvalue weighted by Crippen LogP contribution is 2.24. The first kappa shape index (κ1) is 13.9. The molecule has 0 radical (unpaired) electrons. The zero-order valence-electron chi connectivity index (χ0n) is 12.0. The summed E-state index contributed by atoms with van der Waals surface area (Å²) in [6.07, 6.45) is 0. The van der Waals surface area contributed by atoms with Crippen molar-refractivity contribution in [3.05, 3.63) is 53.6 Å². The molecular weight excluding hydrogens is 250 g/mol. The van der Waals surface area contributed by atoms with E-state index >= 15 is 0 Å². The van der Waals surface area contributed by atoms with Gasteiger partial charge in [-0.25, -0.2) is 0 Å². The van der Waals surface area contributed by atoms with Crippen molar-refractivity contribution in [2.24, 2.45) is 0 Å². The van der Waals surface area contributed by atoms with Gasteiger partial charge in [0.2, 0.25) is 0 Å². The van der Waals surface area contributed by atoms with Gasteiger partial charge in [0, 0.05) is 25.3 Å². The van der Waals surface area contributed by atoms with E-state index in [9.17, 15) is 4.79 Å². The first-order valence-corrected chi connectivity index (χ1v) is 6.43. The highest BCUT2D eigenvalue weighted by Gasteiger charge is 2.12. The van der Waals surface area contributed by atoms with Gasteiger partial charge in [0.25, 0.3) is 5.91 Å². The van der Waals surface area contributed by atoms with Gasteiger partial charge in [-0.3, -0.25) is 4.79 Å². The fourth-order valence-electron chi connectivity index (χ4n) is 2.10. The number of hydrogen-bond donors (Lipinski definition) is 2. The number of nitrogens with two attached hydrogens (primary N) is 1. The lowest BCUT2D eigenvalue weighted by molar-refractivity contribution is 0.102. The molecule has 4 heteroatoms. The summed E-state index contributed by atoms with van der Waals surface area (Å²) < 4.78 is 0. The third kappa shape index (κ3) is 2.91. The molecule has 0 unspecified atom stereocenters. The van der Waals surface area contributed by atoms with E-state index in [1.807, 2.05) is 50.2 Å². The summed E-state index contributed by atoms with van der Waals surface area (Å²) in [5, 5.41) is 2.95. The smallest absolute Gasteiger partial charge is 0.255 e. The third-order valence-corrected chi connectivity index (χ3v) is 3.13. The van der Waals surface area contributed by atoms with Gasteiger partial charge in [0.15, 0.2) is 0 Å². The van der Waals surface area contributed by atoms with Crippen molar-refractivity contribution in [2.45, 2.75) is 6.92 Å². The Labute approximate surface area is 119 Å². The average molecular weight is 269 g/mol. The first-order valence-electron chi connectivity index (χ1n) is 6.43. The van der Waals surface area contributed by atoms with Crippen LogP contribution in [0.5, 0.6) is 0 Å². The van der Waals surface area contributed by atoms with Gasteiger partial charge in [-0.2, -0.15) is 0 Å². The van der Waals surface area contributed by atoms with Crippen LogP contribution in [0.3, 0.4) is 0 Å². The Hall–Kier alpha value is -2.49. The molecule has 0 bridgehead atoms. The summed E-state index contributed by atoms with van der Waals surface area (Å²) in [6.45, 7) is 1.88. The molecule has 0 fully saturated rings. The minimum atomic E-state index is -0.128. The maximum absolute atomic E-state index is 12.4. The molecule has 0 atom stereocenters. The van der Waals surface area contributed by atoms with Gasteiger partial charge in [-0.15, -0.1) is 0 Å². The predicted octanol–water partition coefficient (Wildman–Crippen LogP) is 2.90. The second-order valence-corrected chi connectivity index (χ2v) is 4.94. The van der Waals surface area contributed by atoms with Gasteiger partial charge < -0.3 is 16.0 Å². The van der Waals surface area contributed by atoms with Crippen molar-refractivity contribution in [3.8, 4) is 0 Å². The second-order valence-electron chi connectivity index (χ2n) is 4.94. The number of nitrogens with one attached hydrogen (secondary N) is 1. The van der Waals surface area contributed by atoms with E-state index in [0.717, 1.165) is 16.9 Å². The summed E-state index contributed by atoms with van der Waals surface area (Å²) in [4.78, 5) is 14.3. The molecule has 4 nitrogen and oxygen atoms in total. The Morgan fingerprint density at radius 2 is 1.85 bits per heavy atom. The summed E-state index contributed by atoms with van der Waals surface area (Å²) in [5.74, 6) is -0.128. The van der Waals surface area contributed by atoms with Gasteiger partial charge >= 0.3 is 0 Å². The quantitative estimate of drug-likeness (QED) is 0.842. The van der Waals surface area contributed by atoms with Crippen LogP contribution in [0.1, 0.15) is 15.9 Å². The molecule has 0 aromatic heterocycles. The number of rotatable bonds is 3. The van der Waals surface area contributed by atoms with Crippen molar-refractivity contribution in [3.63, 3.8) is 0 Å². The number of para-hydroxylation sites is 2. The molecule has 2 aromatic carbocycles. The molecule has 3 N–H and O–H groups in total. The Morgan fingerprint density at radius 3 is 2.50 bits per heavy atom. The van der Waals surface area contributed by atoms with Crippen LogP contribution < -0.4 is 16.0 Å². The predicted molar refractivity (Wildman–Crippen MR) is 84.3 cm³/mol. The second kappa shape index (κ2) is 5.65. The van der Waals surface area contributed by atoms with Crippen LogP contribution in [0.25, 0.3) is 0 Å². The molecular formula is C16H19N3O. The summed E-state index contributed by atoms with van der Waals surface area (Å²) in [7, 11) is 3.89. The molecule has 104 valence electrons. The van der Waals surface area contributed by atoms with E-state index < -0.39 is 0 Å². The van der Waals surface area contributed by atoms with Crippen molar-refractivity contribution in [2.75, 3.05) is 30.0 Å². The summed E-state index contributed by atoms with van der Waals surface area (Å²) in [5.41, 5.74) is 9.62. The van der Waals surface area contributed by atoms with Crippen molar-refractivity contribution in [1.82, 2.24) is 0 Å². The number of carbonyl (C=O) groups excluding carboxylic acids is 1. The average Bonchev–Trinajstić information content (AvgIpc) is 2.38. The molecule has 0 saturated carbocycles. The normalized spacial score (nSPS) is 10.2. The van der Waals surface area contributed by atoms with Crippen LogP contribution in [0, 0.1) is 6.92 Å². The number of anilines is 3. The van der Waals surface area contributed by atoms with Crippen molar-refractivity contribution >= 4 is 23.0 Å². The van der Waals surface area contributed by atoms with Crippen molar-refractivity contribution in [1.29, 1.82) is 0 Å². The van der Waals surface area contributed by atoms with Crippen LogP contribution in [0.15, 0.2) is 42.5 Å². The number of aryl methyl sites for hydroxylation is 1. The zero-order chi connectivity index (χ0) is 14.7. The molecule has 2 rings (SSSR count). The van der Waals surface area contributed by atoms with E-state index in [2.05, 4.69) is 5.32 Å². The number of nitrogen functional groups attached to an aromatic ring is 1. The molecule has 0 saturated heterocycles. The van der Waals surface area contributed by atoms with Gasteiger partial charge in [0.05, 0.1) is 11.4 Å². The Morgan fingerprint density at radius 1 is 1.15 bits per heavy atom. The molecule has 20 heavy (non-hydrogen) atoms. The molecule has 0 aliphatic carbocycles. The maximum atomic E-state index is 12.4. The van der Waals surface area contributed by atoms with Crippen LogP contribution in [0.2, 0.25) is 0 Å². The third-order valence-electron chi connectivity index (χ3n) is 3.13. The van der Waals surface area contributed by atoms with Crippen LogP contribution in [0.4, 0.5) is 17.1 Å². The van der Waals surface area contributed by atoms with Crippen LogP contribution in [-0.4, -0.2) is 20.0 Å². The molecule has 0 spiro atoms. The SMILES string of the molecule is Cc1cc(N)ccc1C(=O)Nc1ccccc1N(C)C. The largest absolute Gasteiger partial charge is 0.399 e. The number of hydrogen-bond acceptors (Lipinski definition) is 3. The van der Waals surface area contributed by atoms with E-state index in [1.54, 1.807) is 18.2 Å². The Bertz CT molecular complexity index is 635. The number of amides is 1. The van der Waals surface area contributed by atoms with Gasteiger partial charge in [0.1, 0.15) is 0 Å². The Kier molecular flexibility index (Phi) is 3.94. The molecule has 2 aromatic rings. The highest BCUT2D eigenvalue weighted by molar-refractivity contribution is 6.07.